The van der Waals surface area contributed by atoms with E-state index >= 15 is 0 Å². The fourth-order valence-corrected chi connectivity index (χ4v) is 2.84. The average molecular weight is 290 g/mol. The van der Waals surface area contributed by atoms with Crippen molar-refractivity contribution in [1.82, 2.24) is 10.2 Å². The van der Waals surface area contributed by atoms with E-state index in [4.69, 9.17) is 4.74 Å². The maximum absolute atomic E-state index is 12.7. The zero-order valence-corrected chi connectivity index (χ0v) is 13.3. The van der Waals surface area contributed by atoms with Crippen molar-refractivity contribution in [3.63, 3.8) is 0 Å². The van der Waals surface area contributed by atoms with Gasteiger partial charge in [0, 0.05) is 24.7 Å². The van der Waals surface area contributed by atoms with Gasteiger partial charge in [-0.1, -0.05) is 12.5 Å². The van der Waals surface area contributed by atoms with E-state index < -0.39 is 0 Å². The summed E-state index contributed by atoms with van der Waals surface area (Å²) in [4.78, 5) is 14.6. The summed E-state index contributed by atoms with van der Waals surface area (Å²) in [5.74, 6) is 0.857. The highest BCUT2D eigenvalue weighted by molar-refractivity contribution is 5.94. The van der Waals surface area contributed by atoms with E-state index in [1.54, 1.807) is 7.11 Å². The monoisotopic (exact) mass is 290 g/mol. The minimum Gasteiger partial charge on any atom is -0.496 e. The molecule has 1 saturated heterocycles. The molecule has 0 saturated carbocycles. The van der Waals surface area contributed by atoms with Crippen LogP contribution in [0.25, 0.3) is 0 Å². The number of benzene rings is 1. The van der Waals surface area contributed by atoms with Gasteiger partial charge in [0.1, 0.15) is 5.75 Å². The fraction of sp³-hybridized carbons (Fsp3) is 0.588. The Morgan fingerprint density at radius 3 is 2.86 bits per heavy atom. The second kappa shape index (κ2) is 7.46. The molecule has 2 rings (SSSR count). The lowest BCUT2D eigenvalue weighted by atomic mass is 10.0. The van der Waals surface area contributed by atoms with Crippen LogP contribution in [-0.2, 0) is 0 Å². The lowest BCUT2D eigenvalue weighted by molar-refractivity contribution is 0.0741. The van der Waals surface area contributed by atoms with Gasteiger partial charge >= 0.3 is 0 Å². The SMILES string of the molecule is CCN(CC1CCCCN1)C(=O)c1ccc(C)c(OC)c1. The number of hydrogen-bond acceptors (Lipinski definition) is 3. The number of rotatable bonds is 5. The summed E-state index contributed by atoms with van der Waals surface area (Å²) in [6.07, 6.45) is 3.65. The van der Waals surface area contributed by atoms with Gasteiger partial charge in [-0.05, 0) is 50.9 Å². The zero-order chi connectivity index (χ0) is 15.2. The minimum absolute atomic E-state index is 0.0863. The van der Waals surface area contributed by atoms with Crippen LogP contribution in [-0.4, -0.2) is 43.6 Å². The second-order valence-electron chi connectivity index (χ2n) is 5.68. The molecule has 1 N–H and O–H groups in total. The molecule has 1 amide bonds. The number of methoxy groups -OCH3 is 1. The lowest BCUT2D eigenvalue weighted by Crippen LogP contribution is -2.45. The molecule has 116 valence electrons. The Hall–Kier alpha value is -1.55. The number of hydrogen-bond donors (Lipinski definition) is 1. The largest absolute Gasteiger partial charge is 0.496 e. The number of amides is 1. The Bertz CT molecular complexity index is 482. The van der Waals surface area contributed by atoms with Crippen LogP contribution >= 0.6 is 0 Å². The predicted octanol–water partition coefficient (Wildman–Crippen LogP) is 2.61. The molecule has 1 heterocycles. The van der Waals surface area contributed by atoms with Crippen molar-refractivity contribution in [3.05, 3.63) is 29.3 Å². The third-order valence-corrected chi connectivity index (χ3v) is 4.18. The Morgan fingerprint density at radius 2 is 2.24 bits per heavy atom. The number of nitrogens with one attached hydrogen (secondary N) is 1. The van der Waals surface area contributed by atoms with Gasteiger partial charge in [-0.25, -0.2) is 0 Å². The van der Waals surface area contributed by atoms with Crippen LogP contribution in [0.3, 0.4) is 0 Å². The molecule has 4 heteroatoms. The molecule has 0 aromatic heterocycles. The number of ether oxygens (including phenoxy) is 1. The van der Waals surface area contributed by atoms with Crippen molar-refractivity contribution >= 4 is 5.91 Å². The lowest BCUT2D eigenvalue weighted by Gasteiger charge is -2.30. The summed E-state index contributed by atoms with van der Waals surface area (Å²) in [6, 6.07) is 6.10. The predicted molar refractivity (Wildman–Crippen MR) is 85.0 cm³/mol. The van der Waals surface area contributed by atoms with E-state index in [0.29, 0.717) is 11.6 Å². The molecule has 1 fully saturated rings. The maximum Gasteiger partial charge on any atom is 0.254 e. The number of aryl methyl sites for hydroxylation is 1. The first-order valence-electron chi connectivity index (χ1n) is 7.83. The van der Waals surface area contributed by atoms with Crippen molar-refractivity contribution in [3.8, 4) is 5.75 Å². The molecule has 1 aliphatic rings. The molecule has 1 aliphatic heterocycles. The molecule has 1 unspecified atom stereocenters. The van der Waals surface area contributed by atoms with Crippen molar-refractivity contribution in [2.45, 2.75) is 39.2 Å². The first-order chi connectivity index (χ1) is 10.2. The number of carbonyl (C=O) groups excluding carboxylic acids is 1. The van der Waals surface area contributed by atoms with Crippen molar-refractivity contribution in [1.29, 1.82) is 0 Å². The Balaban J connectivity index is 2.08. The van der Waals surface area contributed by atoms with Gasteiger partial charge in [0.05, 0.1) is 7.11 Å². The van der Waals surface area contributed by atoms with Crippen molar-refractivity contribution in [2.24, 2.45) is 0 Å². The summed E-state index contributed by atoms with van der Waals surface area (Å²) in [5, 5.41) is 3.50. The Labute approximate surface area is 127 Å². The smallest absolute Gasteiger partial charge is 0.254 e. The highest BCUT2D eigenvalue weighted by Crippen LogP contribution is 2.20. The number of nitrogens with zero attached hydrogens (tertiary/aromatic N) is 1. The Kier molecular flexibility index (Phi) is 5.62. The first kappa shape index (κ1) is 15.8. The van der Waals surface area contributed by atoms with E-state index in [2.05, 4.69) is 5.32 Å². The molecule has 0 spiro atoms. The van der Waals surface area contributed by atoms with Gasteiger partial charge in [0.15, 0.2) is 0 Å². The Morgan fingerprint density at radius 1 is 1.43 bits per heavy atom. The number of carbonyl (C=O) groups is 1. The standard InChI is InChI=1S/C17H26N2O2/c1-4-19(12-15-7-5-6-10-18-15)17(20)14-9-8-13(2)16(11-14)21-3/h8-9,11,15,18H,4-7,10,12H2,1-3H3. The molecule has 1 aromatic rings. The van der Waals surface area contributed by atoms with Gasteiger partial charge < -0.3 is 15.0 Å². The topological polar surface area (TPSA) is 41.6 Å². The van der Waals surface area contributed by atoms with Crippen molar-refractivity contribution < 1.29 is 9.53 Å². The third-order valence-electron chi connectivity index (χ3n) is 4.18. The van der Waals surface area contributed by atoms with E-state index in [-0.39, 0.29) is 5.91 Å². The van der Waals surface area contributed by atoms with E-state index in [0.717, 1.165) is 37.4 Å². The molecule has 21 heavy (non-hydrogen) atoms. The van der Waals surface area contributed by atoms with Crippen LogP contribution < -0.4 is 10.1 Å². The van der Waals surface area contributed by atoms with Crippen LogP contribution in [0.5, 0.6) is 5.75 Å². The maximum atomic E-state index is 12.7. The zero-order valence-electron chi connectivity index (χ0n) is 13.3. The fourth-order valence-electron chi connectivity index (χ4n) is 2.84. The summed E-state index contributed by atoms with van der Waals surface area (Å²) in [5.41, 5.74) is 1.75. The van der Waals surface area contributed by atoms with E-state index in [9.17, 15) is 4.79 Å². The summed E-state index contributed by atoms with van der Waals surface area (Å²) in [7, 11) is 1.64. The van der Waals surface area contributed by atoms with Gasteiger partial charge in [0.25, 0.3) is 5.91 Å². The van der Waals surface area contributed by atoms with Gasteiger partial charge in [-0.2, -0.15) is 0 Å². The average Bonchev–Trinajstić information content (AvgIpc) is 2.53. The molecule has 1 atom stereocenters. The van der Waals surface area contributed by atoms with Gasteiger partial charge in [0.2, 0.25) is 0 Å². The molecule has 1 aromatic carbocycles. The summed E-state index contributed by atoms with van der Waals surface area (Å²) < 4.78 is 5.32. The molecular formula is C17H26N2O2. The molecule has 4 nitrogen and oxygen atoms in total. The van der Waals surface area contributed by atoms with Crippen LogP contribution in [0.15, 0.2) is 18.2 Å². The molecule has 0 aliphatic carbocycles. The summed E-state index contributed by atoms with van der Waals surface area (Å²) in [6.45, 7) is 6.59. The second-order valence-corrected chi connectivity index (χ2v) is 5.68. The van der Waals surface area contributed by atoms with Crippen LogP contribution in [0.4, 0.5) is 0 Å². The number of likely N-dealkylation sites (N-methyl/N-ethyl adjacent to an activating group) is 1. The van der Waals surface area contributed by atoms with Crippen LogP contribution in [0.2, 0.25) is 0 Å². The minimum atomic E-state index is 0.0863. The van der Waals surface area contributed by atoms with Crippen LogP contribution in [0.1, 0.15) is 42.1 Å². The van der Waals surface area contributed by atoms with Crippen molar-refractivity contribution in [2.75, 3.05) is 26.7 Å². The highest BCUT2D eigenvalue weighted by atomic mass is 16.5. The van der Waals surface area contributed by atoms with Gasteiger partial charge in [-0.3, -0.25) is 4.79 Å². The molecule has 0 radical (unpaired) electrons. The third kappa shape index (κ3) is 3.97. The van der Waals surface area contributed by atoms with E-state index in [1.165, 1.54) is 12.8 Å². The highest BCUT2D eigenvalue weighted by Gasteiger charge is 2.21. The first-order valence-corrected chi connectivity index (χ1v) is 7.83. The quantitative estimate of drug-likeness (QED) is 0.906. The molecular weight excluding hydrogens is 264 g/mol. The molecule has 0 bridgehead atoms. The van der Waals surface area contributed by atoms with Gasteiger partial charge in [-0.15, -0.1) is 0 Å². The van der Waals surface area contributed by atoms with Crippen LogP contribution in [0, 0.1) is 6.92 Å². The summed E-state index contributed by atoms with van der Waals surface area (Å²) >= 11 is 0. The normalized spacial score (nSPS) is 18.3. The number of piperidine rings is 1. The van der Waals surface area contributed by atoms with E-state index in [1.807, 2.05) is 36.9 Å².